The zero-order chi connectivity index (χ0) is 20.6. The molecular formula is C22H32N2O4. The Morgan fingerprint density at radius 2 is 1.07 bits per heavy atom. The monoisotopic (exact) mass is 388 g/mol. The van der Waals surface area contributed by atoms with Crippen molar-refractivity contribution >= 4 is 11.9 Å². The van der Waals surface area contributed by atoms with E-state index in [0.29, 0.717) is 12.8 Å². The Bertz CT molecular complexity index is 582. The van der Waals surface area contributed by atoms with E-state index in [4.69, 9.17) is 20.0 Å². The summed E-state index contributed by atoms with van der Waals surface area (Å²) in [7, 11) is 0. The molecule has 2 aliphatic carbocycles. The highest BCUT2D eigenvalue weighted by atomic mass is 16.5. The second-order valence-electron chi connectivity index (χ2n) is 8.28. The molecule has 6 heteroatoms. The molecule has 0 radical (unpaired) electrons. The molecule has 0 spiro atoms. The number of rotatable bonds is 7. The van der Waals surface area contributed by atoms with Crippen LogP contribution in [0.1, 0.15) is 90.9 Å². The van der Waals surface area contributed by atoms with E-state index in [1.165, 1.54) is 0 Å². The highest BCUT2D eigenvalue weighted by Crippen LogP contribution is 2.61. The summed E-state index contributed by atoms with van der Waals surface area (Å²) in [5, 5.41) is 18.2. The van der Waals surface area contributed by atoms with Crippen LogP contribution in [0.3, 0.4) is 0 Å². The maximum atomic E-state index is 13.4. The number of nitriles is 2. The summed E-state index contributed by atoms with van der Waals surface area (Å²) in [5.41, 5.74) is -2.29. The third kappa shape index (κ3) is 3.62. The molecule has 2 saturated carbocycles. The van der Waals surface area contributed by atoms with Gasteiger partial charge in [-0.15, -0.1) is 10.5 Å². The first-order valence-corrected chi connectivity index (χ1v) is 10.8. The summed E-state index contributed by atoms with van der Waals surface area (Å²) >= 11 is 0. The van der Waals surface area contributed by atoms with Gasteiger partial charge in [0.1, 0.15) is 0 Å². The molecule has 2 rings (SSSR count). The van der Waals surface area contributed by atoms with Crippen molar-refractivity contribution in [3.05, 3.63) is 0 Å². The maximum Gasteiger partial charge on any atom is 0.329 e. The van der Waals surface area contributed by atoms with Crippen LogP contribution in [0, 0.1) is 45.7 Å². The minimum Gasteiger partial charge on any atom is -0.351 e. The van der Waals surface area contributed by atoms with Gasteiger partial charge in [-0.2, -0.15) is 0 Å². The fourth-order valence-electron chi connectivity index (χ4n) is 6.38. The first-order valence-electron chi connectivity index (χ1n) is 10.8. The number of hydrogen-bond acceptors (Lipinski definition) is 6. The predicted molar refractivity (Wildman–Crippen MR) is 102 cm³/mol. The van der Waals surface area contributed by atoms with Gasteiger partial charge < -0.3 is 9.47 Å². The smallest absolute Gasteiger partial charge is 0.329 e. The van der Waals surface area contributed by atoms with Gasteiger partial charge in [-0.05, 0) is 50.4 Å². The molecule has 0 bridgehead atoms. The SMILES string of the molecule is CCC(C(=O)OC#N)(C1CCCCC1)C(CC)(C(=O)OC#N)C1CCCCC1. The van der Waals surface area contributed by atoms with Gasteiger partial charge in [-0.1, -0.05) is 52.4 Å². The molecule has 0 saturated heterocycles. The molecule has 0 heterocycles. The normalized spacial score (nSPS) is 22.7. The first-order chi connectivity index (χ1) is 13.5. The number of ether oxygens (including phenoxy) is 2. The Hall–Kier alpha value is -2.08. The lowest BCUT2D eigenvalue weighted by Gasteiger charge is -2.54. The van der Waals surface area contributed by atoms with Crippen molar-refractivity contribution in [1.29, 1.82) is 10.5 Å². The summed E-state index contributed by atoms with van der Waals surface area (Å²) in [4.78, 5) is 26.8. The predicted octanol–water partition coefficient (Wildman–Crippen LogP) is 4.99. The standard InChI is InChI=1S/C22H32N2O4/c1-3-21(19(25)27-15-23,17-11-7-5-8-12-17)22(4-2,20(26)28-16-24)18-13-9-6-10-14-18/h17-18H,3-14H2,1-2H3. The van der Waals surface area contributed by atoms with Crippen molar-refractivity contribution in [3.8, 4) is 12.5 Å². The van der Waals surface area contributed by atoms with E-state index in [2.05, 4.69) is 0 Å². The number of nitrogens with zero attached hydrogens (tertiary/aromatic N) is 2. The second-order valence-corrected chi connectivity index (χ2v) is 8.28. The quantitative estimate of drug-likeness (QED) is 0.450. The Morgan fingerprint density at radius 3 is 1.32 bits per heavy atom. The summed E-state index contributed by atoms with van der Waals surface area (Å²) < 4.78 is 9.91. The minimum atomic E-state index is -1.14. The molecule has 0 aromatic rings. The maximum absolute atomic E-state index is 13.4. The zero-order valence-corrected chi connectivity index (χ0v) is 17.2. The van der Waals surface area contributed by atoms with Crippen molar-refractivity contribution in [2.45, 2.75) is 90.9 Å². The molecular weight excluding hydrogens is 356 g/mol. The average molecular weight is 389 g/mol. The van der Waals surface area contributed by atoms with Crippen LogP contribution in [0.2, 0.25) is 0 Å². The highest BCUT2D eigenvalue weighted by molar-refractivity contribution is 5.90. The van der Waals surface area contributed by atoms with Crippen LogP contribution in [0.15, 0.2) is 0 Å². The lowest BCUT2D eigenvalue weighted by Crippen LogP contribution is -2.60. The lowest BCUT2D eigenvalue weighted by atomic mass is 9.46. The molecule has 0 N–H and O–H groups in total. The molecule has 154 valence electrons. The van der Waals surface area contributed by atoms with Crippen LogP contribution >= 0.6 is 0 Å². The third-order valence-electron chi connectivity index (χ3n) is 7.52. The van der Waals surface area contributed by atoms with Crippen molar-refractivity contribution in [3.63, 3.8) is 0 Å². The third-order valence-corrected chi connectivity index (χ3v) is 7.52. The molecule has 0 amide bonds. The van der Waals surface area contributed by atoms with Gasteiger partial charge >= 0.3 is 11.9 Å². The van der Waals surface area contributed by atoms with E-state index in [0.717, 1.165) is 64.2 Å². The van der Waals surface area contributed by atoms with Crippen LogP contribution in [-0.4, -0.2) is 11.9 Å². The van der Waals surface area contributed by atoms with Gasteiger partial charge in [0.05, 0.1) is 10.8 Å². The Labute approximate surface area is 168 Å². The van der Waals surface area contributed by atoms with E-state index < -0.39 is 22.8 Å². The molecule has 28 heavy (non-hydrogen) atoms. The molecule has 2 fully saturated rings. The second kappa shape index (κ2) is 9.92. The molecule has 0 aromatic carbocycles. The Morgan fingerprint density at radius 1 is 0.750 bits per heavy atom. The topological polar surface area (TPSA) is 100 Å². The molecule has 2 atom stereocenters. The van der Waals surface area contributed by atoms with Gasteiger partial charge in [0.15, 0.2) is 0 Å². The highest BCUT2D eigenvalue weighted by Gasteiger charge is 2.67. The van der Waals surface area contributed by atoms with E-state index >= 15 is 0 Å². The van der Waals surface area contributed by atoms with Gasteiger partial charge in [0, 0.05) is 0 Å². The van der Waals surface area contributed by atoms with Gasteiger partial charge in [-0.25, -0.2) is 0 Å². The average Bonchev–Trinajstić information content (AvgIpc) is 2.73. The van der Waals surface area contributed by atoms with Crippen LogP contribution in [0.25, 0.3) is 0 Å². The summed E-state index contributed by atoms with van der Waals surface area (Å²) in [6.45, 7) is 3.81. The molecule has 6 nitrogen and oxygen atoms in total. The van der Waals surface area contributed by atoms with Crippen molar-refractivity contribution in [2.75, 3.05) is 0 Å². The summed E-state index contributed by atoms with van der Waals surface area (Å²) in [6, 6.07) is 0. The number of esters is 2. The van der Waals surface area contributed by atoms with Gasteiger partial charge in [-0.3, -0.25) is 9.59 Å². The minimum absolute atomic E-state index is 0.0554. The largest absolute Gasteiger partial charge is 0.351 e. The van der Waals surface area contributed by atoms with Crippen molar-refractivity contribution < 1.29 is 19.1 Å². The van der Waals surface area contributed by atoms with Crippen molar-refractivity contribution in [2.24, 2.45) is 22.7 Å². The zero-order valence-electron chi connectivity index (χ0n) is 17.2. The van der Waals surface area contributed by atoms with E-state index in [1.54, 1.807) is 12.5 Å². The van der Waals surface area contributed by atoms with Crippen LogP contribution in [-0.2, 0) is 19.1 Å². The van der Waals surface area contributed by atoms with Gasteiger partial charge in [0.25, 0.3) is 12.5 Å². The number of carbonyl (C=O) groups excluding carboxylic acids is 2. The molecule has 2 aliphatic rings. The van der Waals surface area contributed by atoms with Gasteiger partial charge in [0.2, 0.25) is 0 Å². The summed E-state index contributed by atoms with van der Waals surface area (Å²) in [5.74, 6) is -1.35. The Kier molecular flexibility index (Phi) is 7.87. The first kappa shape index (κ1) is 22.2. The molecule has 0 aliphatic heterocycles. The van der Waals surface area contributed by atoms with Crippen LogP contribution in [0.4, 0.5) is 0 Å². The van der Waals surface area contributed by atoms with E-state index in [-0.39, 0.29) is 11.8 Å². The van der Waals surface area contributed by atoms with Crippen LogP contribution in [0.5, 0.6) is 0 Å². The summed E-state index contributed by atoms with van der Waals surface area (Å²) in [6.07, 6.45) is 13.3. The number of hydrogen-bond donors (Lipinski definition) is 0. The fourth-order valence-corrected chi connectivity index (χ4v) is 6.38. The van der Waals surface area contributed by atoms with Crippen molar-refractivity contribution in [1.82, 2.24) is 0 Å². The van der Waals surface area contributed by atoms with E-state index in [9.17, 15) is 9.59 Å². The molecule has 2 unspecified atom stereocenters. The Balaban J connectivity index is 2.71. The van der Waals surface area contributed by atoms with Crippen LogP contribution < -0.4 is 0 Å². The number of carbonyl (C=O) groups is 2. The van der Waals surface area contributed by atoms with E-state index in [1.807, 2.05) is 13.8 Å². The lowest BCUT2D eigenvalue weighted by molar-refractivity contribution is -0.193. The fraction of sp³-hybridized carbons (Fsp3) is 0.818. The molecule has 0 aromatic heterocycles.